The summed E-state index contributed by atoms with van der Waals surface area (Å²) in [5.74, 6) is 0.801. The fourth-order valence-corrected chi connectivity index (χ4v) is 1.89. The second-order valence-electron chi connectivity index (χ2n) is 3.52. The Labute approximate surface area is 97.9 Å². The number of hydrogen-bond acceptors (Lipinski definition) is 5. The zero-order valence-electron chi connectivity index (χ0n) is 9.14. The Kier molecular flexibility index (Phi) is 3.21. The molecule has 3 N–H and O–H groups in total. The van der Waals surface area contributed by atoms with E-state index in [1.165, 1.54) is 11.8 Å². The van der Waals surface area contributed by atoms with Gasteiger partial charge in [0.2, 0.25) is 5.16 Å². The predicted molar refractivity (Wildman–Crippen MR) is 62.1 cm³/mol. The van der Waals surface area contributed by atoms with Crippen molar-refractivity contribution < 1.29 is 0 Å². The molecule has 1 atom stereocenters. The van der Waals surface area contributed by atoms with E-state index in [1.54, 1.807) is 6.20 Å². The number of aromatic amines is 1. The van der Waals surface area contributed by atoms with Gasteiger partial charge in [0, 0.05) is 12.2 Å². The summed E-state index contributed by atoms with van der Waals surface area (Å²) < 4.78 is 0. The van der Waals surface area contributed by atoms with Crippen LogP contribution < -0.4 is 5.73 Å². The SMILES string of the molecule is Cc1nc(Sc2ccc(C(C)N)cn2)n[nH]1. The Balaban J connectivity index is 2.11. The molecule has 0 aromatic carbocycles. The Morgan fingerprint density at radius 2 is 2.25 bits per heavy atom. The van der Waals surface area contributed by atoms with Gasteiger partial charge in [-0.25, -0.2) is 9.97 Å². The lowest BCUT2D eigenvalue weighted by atomic mass is 10.2. The van der Waals surface area contributed by atoms with Crippen LogP contribution in [0.25, 0.3) is 0 Å². The van der Waals surface area contributed by atoms with E-state index in [4.69, 9.17) is 5.73 Å². The van der Waals surface area contributed by atoms with Gasteiger partial charge in [0.1, 0.15) is 10.9 Å². The van der Waals surface area contributed by atoms with E-state index in [0.29, 0.717) is 5.16 Å². The fourth-order valence-electron chi connectivity index (χ4n) is 1.18. The first-order valence-electron chi connectivity index (χ1n) is 4.93. The monoisotopic (exact) mass is 235 g/mol. The molecule has 1 unspecified atom stereocenters. The van der Waals surface area contributed by atoms with Gasteiger partial charge in [-0.1, -0.05) is 6.07 Å². The first kappa shape index (κ1) is 11.1. The molecule has 2 aromatic rings. The lowest BCUT2D eigenvalue weighted by Crippen LogP contribution is -2.04. The normalized spacial score (nSPS) is 12.7. The lowest BCUT2D eigenvalue weighted by Gasteiger charge is -2.04. The number of aromatic nitrogens is 4. The number of hydrogen-bond donors (Lipinski definition) is 2. The minimum atomic E-state index is 0.0114. The van der Waals surface area contributed by atoms with Crippen LogP contribution in [0.5, 0.6) is 0 Å². The number of aryl methyl sites for hydroxylation is 1. The van der Waals surface area contributed by atoms with E-state index >= 15 is 0 Å². The van der Waals surface area contributed by atoms with E-state index < -0.39 is 0 Å². The van der Waals surface area contributed by atoms with E-state index in [9.17, 15) is 0 Å². The van der Waals surface area contributed by atoms with E-state index in [0.717, 1.165) is 16.4 Å². The van der Waals surface area contributed by atoms with Crippen LogP contribution >= 0.6 is 11.8 Å². The molecule has 5 nitrogen and oxygen atoms in total. The van der Waals surface area contributed by atoms with Crippen LogP contribution in [0, 0.1) is 6.92 Å². The van der Waals surface area contributed by atoms with Crippen molar-refractivity contribution in [1.29, 1.82) is 0 Å². The Hall–Kier alpha value is -1.40. The van der Waals surface area contributed by atoms with Crippen molar-refractivity contribution >= 4 is 11.8 Å². The van der Waals surface area contributed by atoms with Crippen molar-refractivity contribution in [3.8, 4) is 0 Å². The van der Waals surface area contributed by atoms with Gasteiger partial charge in [-0.2, -0.15) is 0 Å². The zero-order valence-corrected chi connectivity index (χ0v) is 9.95. The predicted octanol–water partition coefficient (Wildman–Crippen LogP) is 1.68. The second kappa shape index (κ2) is 4.63. The average molecular weight is 235 g/mol. The molecule has 0 saturated heterocycles. The molecule has 0 bridgehead atoms. The summed E-state index contributed by atoms with van der Waals surface area (Å²) in [4.78, 5) is 8.49. The van der Waals surface area contributed by atoms with Crippen molar-refractivity contribution in [3.05, 3.63) is 29.7 Å². The topological polar surface area (TPSA) is 80.5 Å². The van der Waals surface area contributed by atoms with Crippen LogP contribution in [0.4, 0.5) is 0 Å². The molecule has 0 spiro atoms. The van der Waals surface area contributed by atoms with Gasteiger partial charge < -0.3 is 5.73 Å². The molecule has 0 aliphatic heterocycles. The highest BCUT2D eigenvalue weighted by atomic mass is 32.2. The number of pyridine rings is 1. The summed E-state index contributed by atoms with van der Waals surface area (Å²) in [5.41, 5.74) is 6.77. The molecular weight excluding hydrogens is 222 g/mol. The number of nitrogens with one attached hydrogen (secondary N) is 1. The maximum Gasteiger partial charge on any atom is 0.214 e. The maximum absolute atomic E-state index is 5.74. The number of rotatable bonds is 3. The van der Waals surface area contributed by atoms with Crippen LogP contribution in [0.15, 0.2) is 28.5 Å². The van der Waals surface area contributed by atoms with Crippen molar-refractivity contribution in [2.24, 2.45) is 5.73 Å². The summed E-state index contributed by atoms with van der Waals surface area (Å²) in [5, 5.41) is 8.36. The third-order valence-corrected chi connectivity index (χ3v) is 2.87. The summed E-state index contributed by atoms with van der Waals surface area (Å²) in [7, 11) is 0. The maximum atomic E-state index is 5.74. The highest BCUT2D eigenvalue weighted by molar-refractivity contribution is 7.99. The summed E-state index contributed by atoms with van der Waals surface area (Å²) in [6, 6.07) is 3.91. The first-order chi connectivity index (χ1) is 7.65. The first-order valence-corrected chi connectivity index (χ1v) is 5.75. The molecule has 2 aromatic heterocycles. The standard InChI is InChI=1S/C10H13N5S/c1-6(11)8-3-4-9(12-5-8)16-10-13-7(2)14-15-10/h3-6H,11H2,1-2H3,(H,13,14,15). The van der Waals surface area contributed by atoms with Gasteiger partial charge in [-0.05, 0) is 37.2 Å². The fraction of sp³-hybridized carbons (Fsp3) is 0.300. The lowest BCUT2D eigenvalue weighted by molar-refractivity contribution is 0.806. The average Bonchev–Trinajstić information content (AvgIpc) is 2.65. The van der Waals surface area contributed by atoms with Crippen molar-refractivity contribution in [2.75, 3.05) is 0 Å². The van der Waals surface area contributed by atoms with Crippen LogP contribution in [0.2, 0.25) is 0 Å². The summed E-state index contributed by atoms with van der Waals surface area (Å²) in [6.07, 6.45) is 1.78. The highest BCUT2D eigenvalue weighted by Crippen LogP contribution is 2.22. The molecule has 84 valence electrons. The molecule has 0 saturated carbocycles. The van der Waals surface area contributed by atoms with Crippen LogP contribution in [0.1, 0.15) is 24.4 Å². The third-order valence-electron chi connectivity index (χ3n) is 2.06. The molecule has 6 heteroatoms. The van der Waals surface area contributed by atoms with Gasteiger partial charge in [-0.15, -0.1) is 5.10 Å². The van der Waals surface area contributed by atoms with Gasteiger partial charge >= 0.3 is 0 Å². The van der Waals surface area contributed by atoms with Gasteiger partial charge in [0.25, 0.3) is 0 Å². The minimum Gasteiger partial charge on any atom is -0.324 e. The van der Waals surface area contributed by atoms with Crippen LogP contribution in [-0.2, 0) is 0 Å². The summed E-state index contributed by atoms with van der Waals surface area (Å²) >= 11 is 1.42. The number of H-pyrrole nitrogens is 1. The molecule has 0 aliphatic carbocycles. The Morgan fingerprint density at radius 1 is 1.44 bits per heavy atom. The quantitative estimate of drug-likeness (QED) is 0.846. The minimum absolute atomic E-state index is 0.0114. The Morgan fingerprint density at radius 3 is 2.75 bits per heavy atom. The molecule has 0 fully saturated rings. The van der Waals surface area contributed by atoms with Crippen molar-refractivity contribution in [3.63, 3.8) is 0 Å². The van der Waals surface area contributed by atoms with Crippen LogP contribution in [-0.4, -0.2) is 20.2 Å². The van der Waals surface area contributed by atoms with Gasteiger partial charge in [0.15, 0.2) is 0 Å². The van der Waals surface area contributed by atoms with E-state index in [2.05, 4.69) is 20.2 Å². The molecule has 0 amide bonds. The molecule has 0 radical (unpaired) electrons. The van der Waals surface area contributed by atoms with Gasteiger partial charge in [0.05, 0.1) is 0 Å². The molecule has 2 rings (SSSR count). The third kappa shape index (κ3) is 2.59. The highest BCUT2D eigenvalue weighted by Gasteiger charge is 2.05. The second-order valence-corrected chi connectivity index (χ2v) is 4.51. The van der Waals surface area contributed by atoms with Crippen LogP contribution in [0.3, 0.4) is 0 Å². The summed E-state index contributed by atoms with van der Waals surface area (Å²) in [6.45, 7) is 3.80. The van der Waals surface area contributed by atoms with E-state index in [1.807, 2.05) is 26.0 Å². The Bertz CT molecular complexity index is 462. The zero-order chi connectivity index (χ0) is 11.5. The molecule has 0 aliphatic rings. The van der Waals surface area contributed by atoms with Crippen molar-refractivity contribution in [1.82, 2.24) is 20.2 Å². The largest absolute Gasteiger partial charge is 0.324 e. The molecule has 16 heavy (non-hydrogen) atoms. The van der Waals surface area contributed by atoms with E-state index in [-0.39, 0.29) is 6.04 Å². The molecule has 2 heterocycles. The van der Waals surface area contributed by atoms with Gasteiger partial charge in [-0.3, -0.25) is 5.10 Å². The molecular formula is C10H13N5S. The number of nitrogens with two attached hydrogens (primary N) is 1. The number of nitrogens with zero attached hydrogens (tertiary/aromatic N) is 3. The smallest absolute Gasteiger partial charge is 0.214 e. The van der Waals surface area contributed by atoms with Crippen molar-refractivity contribution in [2.45, 2.75) is 30.1 Å².